The molecule has 5 rings (SSSR count). The minimum Gasteiger partial charge on any atom is -0.493 e. The molecule has 37 heavy (non-hydrogen) atoms. The SMILES string of the molecule is COc1ccc2c(c1OC)C[C@@H](C1CCN(CCCc3noc4cc(F)ccc34)CC1)O[C@H]2CNC=O. The van der Waals surface area contributed by atoms with E-state index in [1.807, 2.05) is 12.1 Å². The second-order valence-corrected chi connectivity index (χ2v) is 9.81. The predicted molar refractivity (Wildman–Crippen MR) is 136 cm³/mol. The Bertz CT molecular complexity index is 1220. The molecule has 0 spiro atoms. The minimum absolute atomic E-state index is 0.0519. The number of aromatic nitrogens is 1. The first-order valence-electron chi connectivity index (χ1n) is 12.9. The van der Waals surface area contributed by atoms with Crippen LogP contribution in [0.2, 0.25) is 0 Å². The molecule has 3 aromatic rings. The van der Waals surface area contributed by atoms with Gasteiger partial charge < -0.3 is 29.0 Å². The highest BCUT2D eigenvalue weighted by molar-refractivity contribution is 5.79. The highest BCUT2D eigenvalue weighted by atomic mass is 19.1. The maximum absolute atomic E-state index is 13.4. The van der Waals surface area contributed by atoms with Gasteiger partial charge in [0.05, 0.1) is 26.0 Å². The molecule has 0 radical (unpaired) electrons. The average Bonchev–Trinajstić information content (AvgIpc) is 3.32. The van der Waals surface area contributed by atoms with Gasteiger partial charge in [-0.05, 0) is 75.0 Å². The molecule has 9 heteroatoms. The third-order valence-corrected chi connectivity index (χ3v) is 7.72. The van der Waals surface area contributed by atoms with Crippen LogP contribution >= 0.6 is 0 Å². The molecule has 2 atom stereocenters. The molecule has 2 aromatic carbocycles. The number of aryl methyl sites for hydroxylation is 1. The highest BCUT2D eigenvalue weighted by Gasteiger charge is 2.36. The fourth-order valence-corrected chi connectivity index (χ4v) is 5.81. The number of carbonyl (C=O) groups excluding carboxylic acids is 1. The molecule has 1 saturated heterocycles. The van der Waals surface area contributed by atoms with E-state index in [0.717, 1.165) is 79.7 Å². The van der Waals surface area contributed by atoms with Crippen LogP contribution in [0.25, 0.3) is 11.0 Å². The summed E-state index contributed by atoms with van der Waals surface area (Å²) in [5.41, 5.74) is 3.54. The Balaban J connectivity index is 1.18. The van der Waals surface area contributed by atoms with Crippen LogP contribution < -0.4 is 14.8 Å². The first-order valence-corrected chi connectivity index (χ1v) is 12.9. The van der Waals surface area contributed by atoms with Crippen molar-refractivity contribution < 1.29 is 27.9 Å². The lowest BCUT2D eigenvalue weighted by Gasteiger charge is -2.41. The number of likely N-dealkylation sites (tertiary alicyclic amines) is 1. The number of amides is 1. The fraction of sp³-hybridized carbons (Fsp3) is 0.500. The molecule has 8 nitrogen and oxygen atoms in total. The van der Waals surface area contributed by atoms with Crippen LogP contribution in [0.1, 0.15) is 42.2 Å². The maximum atomic E-state index is 13.4. The van der Waals surface area contributed by atoms with Gasteiger partial charge >= 0.3 is 0 Å². The van der Waals surface area contributed by atoms with E-state index in [9.17, 15) is 9.18 Å². The summed E-state index contributed by atoms with van der Waals surface area (Å²) in [5, 5.41) is 7.82. The van der Waals surface area contributed by atoms with Gasteiger partial charge in [0.25, 0.3) is 0 Å². The van der Waals surface area contributed by atoms with E-state index in [1.165, 1.54) is 12.1 Å². The van der Waals surface area contributed by atoms with Crippen molar-refractivity contribution in [1.82, 2.24) is 15.4 Å². The number of hydrogen-bond donors (Lipinski definition) is 1. The zero-order valence-corrected chi connectivity index (χ0v) is 21.4. The number of benzene rings is 2. The first kappa shape index (κ1) is 25.5. The molecule has 1 fully saturated rings. The summed E-state index contributed by atoms with van der Waals surface area (Å²) in [6.07, 6.45) is 5.17. The van der Waals surface area contributed by atoms with Gasteiger partial charge in [-0.1, -0.05) is 11.2 Å². The van der Waals surface area contributed by atoms with Crippen LogP contribution in [-0.2, 0) is 22.4 Å². The number of ether oxygens (including phenoxy) is 3. The largest absolute Gasteiger partial charge is 0.493 e. The third kappa shape index (κ3) is 5.43. The molecule has 1 aromatic heterocycles. The van der Waals surface area contributed by atoms with Crippen molar-refractivity contribution in [2.75, 3.05) is 40.4 Å². The van der Waals surface area contributed by atoms with E-state index < -0.39 is 0 Å². The predicted octanol–water partition coefficient (Wildman–Crippen LogP) is 4.06. The van der Waals surface area contributed by atoms with Crippen LogP contribution in [0.4, 0.5) is 4.39 Å². The Hall–Kier alpha value is -3.17. The number of piperidine rings is 1. The molecule has 0 bridgehead atoms. The van der Waals surface area contributed by atoms with E-state index in [0.29, 0.717) is 30.2 Å². The Kier molecular flexibility index (Phi) is 7.90. The lowest BCUT2D eigenvalue weighted by Crippen LogP contribution is -2.42. The lowest BCUT2D eigenvalue weighted by molar-refractivity contribution is -0.111. The van der Waals surface area contributed by atoms with Gasteiger partial charge in [-0.25, -0.2) is 4.39 Å². The zero-order chi connectivity index (χ0) is 25.8. The number of rotatable bonds is 10. The maximum Gasteiger partial charge on any atom is 0.207 e. The molecule has 1 N–H and O–H groups in total. The van der Waals surface area contributed by atoms with Crippen LogP contribution in [0.3, 0.4) is 0 Å². The average molecular weight is 512 g/mol. The van der Waals surface area contributed by atoms with Crippen molar-refractivity contribution in [3.8, 4) is 11.5 Å². The first-order chi connectivity index (χ1) is 18.1. The van der Waals surface area contributed by atoms with E-state index in [1.54, 1.807) is 20.3 Å². The van der Waals surface area contributed by atoms with Crippen molar-refractivity contribution in [1.29, 1.82) is 0 Å². The zero-order valence-electron chi connectivity index (χ0n) is 21.4. The van der Waals surface area contributed by atoms with Crippen LogP contribution in [0.5, 0.6) is 11.5 Å². The standard InChI is InChI=1S/C28H34FN3O5/c1-34-24-8-7-20-22(28(24)35-2)15-25(36-27(20)16-30-17-33)18-9-12-32(13-10-18)11-3-4-23-21-6-5-19(29)14-26(21)37-31-23/h5-8,14,17-18,25,27H,3-4,9-13,15-16H2,1-2H3,(H,30,33)/t25-,27-/m0/s1. The number of methoxy groups -OCH3 is 2. The second kappa shape index (κ2) is 11.5. The molecule has 0 aliphatic carbocycles. The van der Waals surface area contributed by atoms with E-state index in [-0.39, 0.29) is 18.0 Å². The molecule has 198 valence electrons. The van der Waals surface area contributed by atoms with Gasteiger partial charge in [0.1, 0.15) is 11.9 Å². The number of halogens is 1. The van der Waals surface area contributed by atoms with Crippen LogP contribution in [-0.4, -0.2) is 63.0 Å². The molecule has 0 saturated carbocycles. The Morgan fingerprint density at radius 3 is 2.78 bits per heavy atom. The van der Waals surface area contributed by atoms with Gasteiger partial charge in [-0.3, -0.25) is 4.79 Å². The summed E-state index contributed by atoms with van der Waals surface area (Å²) in [7, 11) is 3.31. The summed E-state index contributed by atoms with van der Waals surface area (Å²) < 4.78 is 36.5. The normalized spacial score (nSPS) is 20.5. The second-order valence-electron chi connectivity index (χ2n) is 9.81. The van der Waals surface area contributed by atoms with Crippen molar-refractivity contribution in [2.24, 2.45) is 5.92 Å². The van der Waals surface area contributed by atoms with E-state index in [2.05, 4.69) is 15.4 Å². The Morgan fingerprint density at radius 2 is 2.03 bits per heavy atom. The van der Waals surface area contributed by atoms with Crippen LogP contribution in [0.15, 0.2) is 34.9 Å². The summed E-state index contributed by atoms with van der Waals surface area (Å²) >= 11 is 0. The van der Waals surface area contributed by atoms with E-state index >= 15 is 0 Å². The van der Waals surface area contributed by atoms with Gasteiger partial charge in [0.15, 0.2) is 17.1 Å². The number of fused-ring (bicyclic) bond motifs is 2. The van der Waals surface area contributed by atoms with Crippen molar-refractivity contribution >= 4 is 17.4 Å². The molecule has 0 unspecified atom stereocenters. The van der Waals surface area contributed by atoms with Gasteiger partial charge in [0, 0.05) is 30.0 Å². The number of nitrogens with zero attached hydrogens (tertiary/aromatic N) is 2. The summed E-state index contributed by atoms with van der Waals surface area (Å²) in [5.74, 6) is 1.58. The Morgan fingerprint density at radius 1 is 1.19 bits per heavy atom. The van der Waals surface area contributed by atoms with Crippen molar-refractivity contribution in [3.05, 3.63) is 53.0 Å². The van der Waals surface area contributed by atoms with Gasteiger partial charge in [-0.15, -0.1) is 0 Å². The van der Waals surface area contributed by atoms with Gasteiger partial charge in [0.2, 0.25) is 6.41 Å². The summed E-state index contributed by atoms with van der Waals surface area (Å²) in [6.45, 7) is 3.42. The minimum atomic E-state index is -0.313. The smallest absolute Gasteiger partial charge is 0.207 e. The molecule has 2 aliphatic heterocycles. The molecular weight excluding hydrogens is 477 g/mol. The number of nitrogens with one attached hydrogen (secondary N) is 1. The number of hydrogen-bond acceptors (Lipinski definition) is 7. The summed E-state index contributed by atoms with van der Waals surface area (Å²) in [6, 6.07) is 8.49. The topological polar surface area (TPSA) is 86.1 Å². The van der Waals surface area contributed by atoms with E-state index in [4.69, 9.17) is 18.7 Å². The molecule has 3 heterocycles. The number of carbonyl (C=O) groups is 1. The van der Waals surface area contributed by atoms with Crippen molar-refractivity contribution in [2.45, 2.75) is 44.3 Å². The fourth-order valence-electron chi connectivity index (χ4n) is 5.81. The van der Waals surface area contributed by atoms with Crippen LogP contribution in [0, 0.1) is 11.7 Å². The molecular formula is C28H34FN3O5. The summed E-state index contributed by atoms with van der Waals surface area (Å²) in [4.78, 5) is 13.5. The van der Waals surface area contributed by atoms with Crippen molar-refractivity contribution in [3.63, 3.8) is 0 Å². The molecule has 1 amide bonds. The lowest BCUT2D eigenvalue weighted by atomic mass is 9.83. The Labute approximate surface area is 216 Å². The third-order valence-electron chi connectivity index (χ3n) is 7.72. The highest BCUT2D eigenvalue weighted by Crippen LogP contribution is 2.43. The molecule has 2 aliphatic rings. The van der Waals surface area contributed by atoms with Gasteiger partial charge in [-0.2, -0.15) is 0 Å². The quantitative estimate of drug-likeness (QED) is 0.411. The monoisotopic (exact) mass is 511 g/mol.